The van der Waals surface area contributed by atoms with Crippen molar-refractivity contribution in [3.8, 4) is 5.75 Å². The highest BCUT2D eigenvalue weighted by Gasteiger charge is 2.25. The zero-order valence-electron chi connectivity index (χ0n) is 17.9. The Labute approximate surface area is 192 Å². The number of rotatable bonds is 7. The highest BCUT2D eigenvalue weighted by Crippen LogP contribution is 2.31. The minimum atomic E-state index is -3.70. The summed E-state index contributed by atoms with van der Waals surface area (Å²) in [6.45, 7) is 2.05. The number of nitrogens with one attached hydrogen (secondary N) is 2. The molecule has 8 nitrogen and oxygen atoms in total. The molecule has 2 N–H and O–H groups in total. The van der Waals surface area contributed by atoms with Gasteiger partial charge in [-0.05, 0) is 55.5 Å². The maximum Gasteiger partial charge on any atom is 0.265 e. The van der Waals surface area contributed by atoms with E-state index in [-0.39, 0.29) is 36.3 Å². The van der Waals surface area contributed by atoms with Gasteiger partial charge in [0, 0.05) is 24.3 Å². The van der Waals surface area contributed by atoms with Crippen molar-refractivity contribution in [2.24, 2.45) is 0 Å². The highest BCUT2D eigenvalue weighted by atomic mass is 32.2. The molecule has 4 rings (SSSR count). The molecular formula is C24H23N3O5S. The average molecular weight is 466 g/mol. The highest BCUT2D eigenvalue weighted by molar-refractivity contribution is 7.92. The van der Waals surface area contributed by atoms with Gasteiger partial charge >= 0.3 is 0 Å². The number of para-hydroxylation sites is 2. The second kappa shape index (κ2) is 9.33. The molecule has 0 spiro atoms. The fourth-order valence-corrected chi connectivity index (χ4v) is 4.45. The van der Waals surface area contributed by atoms with E-state index in [1.807, 2.05) is 19.1 Å². The van der Waals surface area contributed by atoms with Gasteiger partial charge in [-0.25, -0.2) is 8.42 Å². The van der Waals surface area contributed by atoms with Crippen LogP contribution in [0.15, 0.2) is 77.7 Å². The zero-order valence-corrected chi connectivity index (χ0v) is 18.8. The molecule has 0 unspecified atom stereocenters. The third kappa shape index (κ3) is 5.32. The Hall–Kier alpha value is -3.85. The summed E-state index contributed by atoms with van der Waals surface area (Å²) in [5, 5.41) is 2.76. The van der Waals surface area contributed by atoms with Crippen molar-refractivity contribution in [2.45, 2.75) is 18.2 Å². The lowest BCUT2D eigenvalue weighted by Crippen LogP contribution is -2.40. The lowest BCUT2D eigenvalue weighted by atomic mass is 10.2. The monoisotopic (exact) mass is 465 g/mol. The molecule has 9 heteroatoms. The number of sulfonamides is 1. The van der Waals surface area contributed by atoms with Crippen LogP contribution in [0, 0.1) is 6.92 Å². The third-order valence-corrected chi connectivity index (χ3v) is 6.52. The number of hydrogen-bond acceptors (Lipinski definition) is 5. The smallest absolute Gasteiger partial charge is 0.265 e. The van der Waals surface area contributed by atoms with Crippen LogP contribution in [0.4, 0.5) is 17.1 Å². The van der Waals surface area contributed by atoms with Gasteiger partial charge in [-0.1, -0.05) is 29.8 Å². The SMILES string of the molecule is Cc1ccc(S(=O)(=O)Nc2ccc(NC(=O)CCN3C(=O)COc4ccccc43)cc2)cc1. The van der Waals surface area contributed by atoms with Gasteiger partial charge < -0.3 is 15.0 Å². The van der Waals surface area contributed by atoms with E-state index in [0.717, 1.165) is 5.56 Å². The first-order valence-corrected chi connectivity index (χ1v) is 11.8. The summed E-state index contributed by atoms with van der Waals surface area (Å²) in [7, 11) is -3.70. The predicted molar refractivity (Wildman–Crippen MR) is 126 cm³/mol. The van der Waals surface area contributed by atoms with Crippen LogP contribution < -0.4 is 19.7 Å². The van der Waals surface area contributed by atoms with Crippen LogP contribution in [0.1, 0.15) is 12.0 Å². The van der Waals surface area contributed by atoms with Crippen molar-refractivity contribution in [1.82, 2.24) is 0 Å². The van der Waals surface area contributed by atoms with E-state index in [9.17, 15) is 18.0 Å². The minimum Gasteiger partial charge on any atom is -0.482 e. The van der Waals surface area contributed by atoms with Crippen molar-refractivity contribution >= 4 is 38.9 Å². The minimum absolute atomic E-state index is 0.0570. The van der Waals surface area contributed by atoms with Crippen molar-refractivity contribution in [2.75, 3.05) is 28.1 Å². The Morgan fingerprint density at radius 2 is 1.64 bits per heavy atom. The summed E-state index contributed by atoms with van der Waals surface area (Å²) in [6, 6.07) is 20.1. The first-order valence-electron chi connectivity index (χ1n) is 10.3. The number of ether oxygens (including phenoxy) is 1. The molecule has 1 aliphatic heterocycles. The van der Waals surface area contributed by atoms with E-state index in [1.54, 1.807) is 65.6 Å². The molecule has 3 aromatic carbocycles. The maximum absolute atomic E-state index is 12.5. The first-order chi connectivity index (χ1) is 15.8. The topological polar surface area (TPSA) is 105 Å². The number of nitrogens with zero attached hydrogens (tertiary/aromatic N) is 1. The van der Waals surface area contributed by atoms with Gasteiger partial charge in [0.1, 0.15) is 5.75 Å². The van der Waals surface area contributed by atoms with Gasteiger partial charge in [0.05, 0.1) is 10.6 Å². The molecule has 0 saturated carbocycles. The molecule has 0 fully saturated rings. The van der Waals surface area contributed by atoms with E-state index >= 15 is 0 Å². The maximum atomic E-state index is 12.5. The van der Waals surface area contributed by atoms with Gasteiger partial charge in [0.25, 0.3) is 15.9 Å². The zero-order chi connectivity index (χ0) is 23.4. The van der Waals surface area contributed by atoms with Crippen LogP contribution in [0.2, 0.25) is 0 Å². The molecule has 33 heavy (non-hydrogen) atoms. The van der Waals surface area contributed by atoms with Crippen LogP contribution in [0.5, 0.6) is 5.75 Å². The second-order valence-electron chi connectivity index (χ2n) is 7.60. The normalized spacial score (nSPS) is 13.1. The number of amides is 2. The summed E-state index contributed by atoms with van der Waals surface area (Å²) in [5.74, 6) is 0.146. The molecule has 0 bridgehead atoms. The Morgan fingerprint density at radius 3 is 2.36 bits per heavy atom. The van der Waals surface area contributed by atoms with E-state index in [4.69, 9.17) is 4.74 Å². The fraction of sp³-hybridized carbons (Fsp3) is 0.167. The van der Waals surface area contributed by atoms with Gasteiger partial charge in [-0.3, -0.25) is 14.3 Å². The van der Waals surface area contributed by atoms with Gasteiger partial charge in [-0.2, -0.15) is 0 Å². The molecule has 0 saturated heterocycles. The summed E-state index contributed by atoms with van der Waals surface area (Å²) >= 11 is 0. The van der Waals surface area contributed by atoms with E-state index in [0.29, 0.717) is 22.8 Å². The van der Waals surface area contributed by atoms with Crippen molar-refractivity contribution in [3.05, 3.63) is 78.4 Å². The molecule has 0 radical (unpaired) electrons. The molecule has 170 valence electrons. The first kappa shape index (κ1) is 22.3. The predicted octanol–water partition coefficient (Wildman–Crippen LogP) is 3.55. The molecule has 1 aliphatic rings. The standard InChI is InChI=1S/C24H23N3O5S/c1-17-6-12-20(13-7-17)33(30,31)26-19-10-8-18(9-11-19)25-23(28)14-15-27-21-4-2-3-5-22(21)32-16-24(27)29/h2-13,26H,14-16H2,1H3,(H,25,28). The Kier molecular flexibility index (Phi) is 6.32. The van der Waals surface area contributed by atoms with Gasteiger partial charge in [0.15, 0.2) is 6.61 Å². The Bertz CT molecular complexity index is 1270. The number of carbonyl (C=O) groups excluding carboxylic acids is 2. The number of anilines is 3. The third-order valence-electron chi connectivity index (χ3n) is 5.12. The number of aryl methyl sites for hydroxylation is 1. The van der Waals surface area contributed by atoms with E-state index in [2.05, 4.69) is 10.0 Å². The number of hydrogen-bond donors (Lipinski definition) is 2. The molecule has 2 amide bonds. The van der Waals surface area contributed by atoms with Crippen molar-refractivity contribution in [3.63, 3.8) is 0 Å². The van der Waals surface area contributed by atoms with Gasteiger partial charge in [-0.15, -0.1) is 0 Å². The molecule has 0 atom stereocenters. The van der Waals surface area contributed by atoms with E-state index in [1.165, 1.54) is 0 Å². The quantitative estimate of drug-likeness (QED) is 0.555. The average Bonchev–Trinajstić information content (AvgIpc) is 2.80. The van der Waals surface area contributed by atoms with Crippen LogP contribution in [0.25, 0.3) is 0 Å². The summed E-state index contributed by atoms with van der Waals surface area (Å²) in [4.78, 5) is 26.3. The Balaban J connectivity index is 1.34. The molecule has 0 aliphatic carbocycles. The van der Waals surface area contributed by atoms with E-state index < -0.39 is 10.0 Å². The summed E-state index contributed by atoms with van der Waals surface area (Å²) < 4.78 is 32.9. The molecular weight excluding hydrogens is 442 g/mol. The summed E-state index contributed by atoms with van der Waals surface area (Å²) in [5.41, 5.74) is 2.51. The number of benzene rings is 3. The fourth-order valence-electron chi connectivity index (χ4n) is 3.39. The summed E-state index contributed by atoms with van der Waals surface area (Å²) in [6.07, 6.45) is 0.0991. The second-order valence-corrected chi connectivity index (χ2v) is 9.28. The lowest BCUT2D eigenvalue weighted by molar-refractivity contribution is -0.121. The van der Waals surface area contributed by atoms with Crippen molar-refractivity contribution < 1.29 is 22.7 Å². The van der Waals surface area contributed by atoms with Crippen LogP contribution in [-0.4, -0.2) is 33.4 Å². The van der Waals surface area contributed by atoms with Crippen LogP contribution in [0.3, 0.4) is 0 Å². The molecule has 3 aromatic rings. The number of carbonyl (C=O) groups is 2. The van der Waals surface area contributed by atoms with Crippen LogP contribution >= 0.6 is 0 Å². The van der Waals surface area contributed by atoms with Crippen molar-refractivity contribution in [1.29, 1.82) is 0 Å². The molecule has 0 aromatic heterocycles. The Morgan fingerprint density at radius 1 is 0.970 bits per heavy atom. The lowest BCUT2D eigenvalue weighted by Gasteiger charge is -2.29. The molecule has 1 heterocycles. The number of fused-ring (bicyclic) bond motifs is 1. The largest absolute Gasteiger partial charge is 0.482 e. The van der Waals surface area contributed by atoms with Gasteiger partial charge in [0.2, 0.25) is 5.91 Å². The van der Waals surface area contributed by atoms with Crippen LogP contribution in [-0.2, 0) is 19.6 Å².